The van der Waals surface area contributed by atoms with Gasteiger partial charge in [0.05, 0.1) is 18.2 Å². The summed E-state index contributed by atoms with van der Waals surface area (Å²) in [5, 5.41) is 7.52. The van der Waals surface area contributed by atoms with E-state index in [1.807, 2.05) is 0 Å². The molecule has 0 bridgehead atoms. The summed E-state index contributed by atoms with van der Waals surface area (Å²) in [6.45, 7) is 0. The highest BCUT2D eigenvalue weighted by Crippen LogP contribution is 2.37. The third-order valence-corrected chi connectivity index (χ3v) is 4.48. The Morgan fingerprint density at radius 2 is 0.783 bits per heavy atom. The van der Waals surface area contributed by atoms with Crippen LogP contribution in [0.4, 0.5) is 0 Å². The number of hydrogen-bond acceptors (Lipinski definition) is 2. The maximum Gasteiger partial charge on any atom is 0.0846 e. The van der Waals surface area contributed by atoms with E-state index >= 15 is 0 Å². The Bertz CT molecular complexity index is 693. The summed E-state index contributed by atoms with van der Waals surface area (Å²) >= 11 is 0. The topological polar surface area (TPSA) is 24.1 Å². The van der Waals surface area contributed by atoms with Gasteiger partial charge in [0.1, 0.15) is 0 Å². The van der Waals surface area contributed by atoms with Crippen LogP contribution in [0.15, 0.2) is 91.0 Å². The van der Waals surface area contributed by atoms with E-state index in [0.717, 1.165) is 0 Å². The quantitative estimate of drug-likeness (QED) is 0.751. The van der Waals surface area contributed by atoms with Crippen molar-refractivity contribution in [3.63, 3.8) is 0 Å². The highest BCUT2D eigenvalue weighted by molar-refractivity contribution is 5.32. The van der Waals surface area contributed by atoms with Crippen LogP contribution < -0.4 is 10.6 Å². The van der Waals surface area contributed by atoms with Gasteiger partial charge in [-0.2, -0.15) is 0 Å². The van der Waals surface area contributed by atoms with Gasteiger partial charge in [0.25, 0.3) is 0 Å². The first-order chi connectivity index (χ1) is 11.4. The van der Waals surface area contributed by atoms with Gasteiger partial charge in [0.2, 0.25) is 0 Å². The van der Waals surface area contributed by atoms with Crippen LogP contribution in [-0.4, -0.2) is 0 Å². The third-order valence-electron chi connectivity index (χ3n) is 4.48. The summed E-state index contributed by atoms with van der Waals surface area (Å²) in [5.41, 5.74) is 3.89. The Morgan fingerprint density at radius 1 is 0.435 bits per heavy atom. The zero-order valence-electron chi connectivity index (χ0n) is 12.9. The van der Waals surface area contributed by atoms with E-state index in [9.17, 15) is 0 Å². The molecule has 1 fully saturated rings. The van der Waals surface area contributed by atoms with Crippen molar-refractivity contribution in [3.05, 3.63) is 108 Å². The van der Waals surface area contributed by atoms with Crippen molar-refractivity contribution in [3.8, 4) is 0 Å². The zero-order valence-corrected chi connectivity index (χ0v) is 12.9. The standard InChI is InChI=1S/C21H20N2/c1-4-10-16(11-5-1)19-20(17-12-6-2-7-13-17)23-21(22-19)18-14-8-3-9-15-18/h1-15,19-23H/t19-,20?,21?/m1/s1. The van der Waals surface area contributed by atoms with Crippen LogP contribution >= 0.6 is 0 Å². The largest absolute Gasteiger partial charge is 0.289 e. The molecule has 3 atom stereocenters. The molecule has 2 unspecified atom stereocenters. The van der Waals surface area contributed by atoms with Gasteiger partial charge in [0, 0.05) is 0 Å². The average Bonchev–Trinajstić information content (AvgIpc) is 3.09. The minimum Gasteiger partial charge on any atom is -0.289 e. The summed E-state index contributed by atoms with van der Waals surface area (Å²) in [4.78, 5) is 0. The molecular formula is C21H20N2. The monoisotopic (exact) mass is 300 g/mol. The van der Waals surface area contributed by atoms with E-state index in [0.29, 0.717) is 0 Å². The Balaban J connectivity index is 1.70. The molecule has 1 aliphatic heterocycles. The molecule has 1 aliphatic rings. The van der Waals surface area contributed by atoms with Gasteiger partial charge in [0.15, 0.2) is 0 Å². The van der Waals surface area contributed by atoms with Crippen LogP contribution in [0.25, 0.3) is 0 Å². The molecule has 2 nitrogen and oxygen atoms in total. The second-order valence-electron chi connectivity index (χ2n) is 5.95. The van der Waals surface area contributed by atoms with Gasteiger partial charge in [-0.1, -0.05) is 91.0 Å². The molecule has 4 rings (SSSR count). The van der Waals surface area contributed by atoms with E-state index in [1.165, 1.54) is 16.7 Å². The van der Waals surface area contributed by atoms with Crippen molar-refractivity contribution >= 4 is 0 Å². The highest BCUT2D eigenvalue weighted by atomic mass is 15.2. The SMILES string of the molecule is c1ccc(C2NC(c3ccccc3)[C@@H](c3ccccc3)N2)cc1. The van der Waals surface area contributed by atoms with Gasteiger partial charge < -0.3 is 0 Å². The van der Waals surface area contributed by atoms with Crippen molar-refractivity contribution in [1.82, 2.24) is 10.6 Å². The van der Waals surface area contributed by atoms with Crippen molar-refractivity contribution in [2.24, 2.45) is 0 Å². The Labute approximate surface area is 137 Å². The Morgan fingerprint density at radius 3 is 1.17 bits per heavy atom. The van der Waals surface area contributed by atoms with E-state index < -0.39 is 0 Å². The van der Waals surface area contributed by atoms with Crippen LogP contribution in [0.3, 0.4) is 0 Å². The minimum absolute atomic E-state index is 0.159. The molecule has 0 spiro atoms. The van der Waals surface area contributed by atoms with Crippen LogP contribution in [-0.2, 0) is 0 Å². The smallest absolute Gasteiger partial charge is 0.0846 e. The number of rotatable bonds is 3. The van der Waals surface area contributed by atoms with Gasteiger partial charge >= 0.3 is 0 Å². The van der Waals surface area contributed by atoms with Gasteiger partial charge in [-0.3, -0.25) is 10.6 Å². The lowest BCUT2D eigenvalue weighted by Crippen LogP contribution is -2.22. The fraction of sp³-hybridized carbons (Fsp3) is 0.143. The maximum atomic E-state index is 3.76. The maximum absolute atomic E-state index is 3.76. The fourth-order valence-electron chi connectivity index (χ4n) is 3.34. The van der Waals surface area contributed by atoms with Gasteiger partial charge in [-0.25, -0.2) is 0 Å². The lowest BCUT2D eigenvalue weighted by Gasteiger charge is -2.19. The minimum atomic E-state index is 0.159. The molecule has 1 heterocycles. The molecule has 0 saturated carbocycles. The first kappa shape index (κ1) is 14.2. The molecule has 0 aliphatic carbocycles. The molecular weight excluding hydrogens is 280 g/mol. The lowest BCUT2D eigenvalue weighted by atomic mass is 9.95. The summed E-state index contributed by atoms with van der Waals surface area (Å²) in [6, 6.07) is 32.4. The molecule has 0 radical (unpaired) electrons. The third kappa shape index (κ3) is 2.91. The number of nitrogens with one attached hydrogen (secondary N) is 2. The molecule has 23 heavy (non-hydrogen) atoms. The Kier molecular flexibility index (Phi) is 3.93. The van der Waals surface area contributed by atoms with E-state index in [-0.39, 0.29) is 18.2 Å². The van der Waals surface area contributed by atoms with E-state index in [2.05, 4.69) is 102 Å². The van der Waals surface area contributed by atoms with E-state index in [1.54, 1.807) is 0 Å². The lowest BCUT2D eigenvalue weighted by molar-refractivity contribution is 0.554. The molecule has 0 amide bonds. The molecule has 2 heteroatoms. The first-order valence-electron chi connectivity index (χ1n) is 8.09. The summed E-state index contributed by atoms with van der Waals surface area (Å²) < 4.78 is 0. The predicted octanol–water partition coefficient (Wildman–Crippen LogP) is 4.36. The summed E-state index contributed by atoms with van der Waals surface area (Å²) in [5.74, 6) is 0. The average molecular weight is 300 g/mol. The van der Waals surface area contributed by atoms with Crippen molar-refractivity contribution in [2.45, 2.75) is 18.2 Å². The predicted molar refractivity (Wildman–Crippen MR) is 93.8 cm³/mol. The fourth-order valence-corrected chi connectivity index (χ4v) is 3.34. The van der Waals surface area contributed by atoms with Crippen LogP contribution in [0.2, 0.25) is 0 Å². The van der Waals surface area contributed by atoms with Gasteiger partial charge in [-0.05, 0) is 16.7 Å². The molecule has 2 N–H and O–H groups in total. The Hall–Kier alpha value is -2.42. The molecule has 3 aromatic rings. The van der Waals surface area contributed by atoms with Crippen molar-refractivity contribution in [2.75, 3.05) is 0 Å². The van der Waals surface area contributed by atoms with Crippen molar-refractivity contribution in [1.29, 1.82) is 0 Å². The molecule has 0 aromatic heterocycles. The van der Waals surface area contributed by atoms with Gasteiger partial charge in [-0.15, -0.1) is 0 Å². The van der Waals surface area contributed by atoms with E-state index in [4.69, 9.17) is 0 Å². The first-order valence-corrected chi connectivity index (χ1v) is 8.09. The van der Waals surface area contributed by atoms with Crippen molar-refractivity contribution < 1.29 is 0 Å². The summed E-state index contributed by atoms with van der Waals surface area (Å²) in [6.07, 6.45) is 0.159. The molecule has 3 aromatic carbocycles. The number of benzene rings is 3. The van der Waals surface area contributed by atoms with Crippen LogP contribution in [0.5, 0.6) is 0 Å². The number of hydrogen-bond donors (Lipinski definition) is 2. The zero-order chi connectivity index (χ0) is 15.5. The molecule has 114 valence electrons. The molecule has 1 saturated heterocycles. The second kappa shape index (κ2) is 6.37. The van der Waals surface area contributed by atoms with Crippen LogP contribution in [0, 0.1) is 0 Å². The highest BCUT2D eigenvalue weighted by Gasteiger charge is 2.35. The normalized spacial score (nSPS) is 23.7. The van der Waals surface area contributed by atoms with Crippen LogP contribution in [0.1, 0.15) is 34.9 Å². The summed E-state index contributed by atoms with van der Waals surface area (Å²) in [7, 11) is 0. The second-order valence-corrected chi connectivity index (χ2v) is 5.95.